The second kappa shape index (κ2) is 5.25. The summed E-state index contributed by atoms with van der Waals surface area (Å²) in [4.78, 5) is 12.0. The molecule has 0 bridgehead atoms. The van der Waals surface area contributed by atoms with Crippen LogP contribution in [0.5, 0.6) is 0 Å². The summed E-state index contributed by atoms with van der Waals surface area (Å²) >= 11 is 11.9. The number of carbonyl (C=O) groups is 1. The molecule has 1 heterocycles. The van der Waals surface area contributed by atoms with Gasteiger partial charge in [-0.15, -0.1) is 0 Å². The molecule has 0 aromatic heterocycles. The minimum Gasteiger partial charge on any atom is -0.323 e. The van der Waals surface area contributed by atoms with Gasteiger partial charge in [0, 0.05) is 5.02 Å². The van der Waals surface area contributed by atoms with E-state index in [0.29, 0.717) is 21.7 Å². The van der Waals surface area contributed by atoms with Crippen molar-refractivity contribution in [1.82, 2.24) is 5.32 Å². The minimum absolute atomic E-state index is 0.0563. The summed E-state index contributed by atoms with van der Waals surface area (Å²) in [6.07, 6.45) is 1.02. The van der Waals surface area contributed by atoms with Gasteiger partial charge in [-0.2, -0.15) is 0 Å². The van der Waals surface area contributed by atoms with E-state index in [-0.39, 0.29) is 11.9 Å². The van der Waals surface area contributed by atoms with Gasteiger partial charge in [0.05, 0.1) is 16.8 Å². The third-order valence-corrected chi connectivity index (χ3v) is 3.57. The van der Waals surface area contributed by atoms with E-state index in [0.717, 1.165) is 13.0 Å². The number of anilines is 1. The van der Waals surface area contributed by atoms with Crippen LogP contribution in [0.3, 0.4) is 0 Å². The largest absolute Gasteiger partial charge is 0.323 e. The molecule has 1 fully saturated rings. The first-order valence-electron chi connectivity index (χ1n) is 5.57. The Morgan fingerprint density at radius 3 is 2.88 bits per heavy atom. The topological polar surface area (TPSA) is 41.1 Å². The van der Waals surface area contributed by atoms with Crippen molar-refractivity contribution in [3.05, 3.63) is 28.2 Å². The summed E-state index contributed by atoms with van der Waals surface area (Å²) in [5, 5.41) is 7.02. The van der Waals surface area contributed by atoms with Gasteiger partial charge >= 0.3 is 0 Å². The van der Waals surface area contributed by atoms with Crippen molar-refractivity contribution in [2.45, 2.75) is 19.4 Å². The molecule has 0 aliphatic carbocycles. The number of rotatable bonds is 2. The normalized spacial score (nSPS) is 23.7. The molecule has 2 rings (SSSR count). The van der Waals surface area contributed by atoms with Crippen molar-refractivity contribution >= 4 is 34.8 Å². The average molecular weight is 273 g/mol. The maximum Gasteiger partial charge on any atom is 0.241 e. The number of hydrogen-bond donors (Lipinski definition) is 2. The van der Waals surface area contributed by atoms with Crippen molar-refractivity contribution < 1.29 is 4.79 Å². The second-order valence-electron chi connectivity index (χ2n) is 4.31. The second-order valence-corrected chi connectivity index (χ2v) is 5.15. The Bertz CT molecular complexity index is 437. The van der Waals surface area contributed by atoms with Crippen LogP contribution in [-0.4, -0.2) is 18.5 Å². The fraction of sp³-hybridized carbons (Fsp3) is 0.417. The lowest BCUT2D eigenvalue weighted by atomic mass is 10.0. The highest BCUT2D eigenvalue weighted by Crippen LogP contribution is 2.26. The third kappa shape index (κ3) is 2.92. The maximum atomic E-state index is 12.0. The molecule has 2 N–H and O–H groups in total. The predicted molar refractivity (Wildman–Crippen MR) is 70.7 cm³/mol. The van der Waals surface area contributed by atoms with Crippen LogP contribution in [0.4, 0.5) is 5.69 Å². The van der Waals surface area contributed by atoms with Crippen LogP contribution < -0.4 is 10.6 Å². The molecular formula is C12H14Cl2N2O. The Labute approximate surface area is 110 Å². The van der Waals surface area contributed by atoms with E-state index in [2.05, 4.69) is 17.6 Å². The molecule has 3 nitrogen and oxygen atoms in total. The van der Waals surface area contributed by atoms with E-state index in [1.165, 1.54) is 0 Å². The lowest BCUT2D eigenvalue weighted by Crippen LogP contribution is -2.39. The highest BCUT2D eigenvalue weighted by atomic mass is 35.5. The van der Waals surface area contributed by atoms with Gasteiger partial charge in [0.2, 0.25) is 5.91 Å². The first-order valence-corrected chi connectivity index (χ1v) is 6.33. The van der Waals surface area contributed by atoms with Crippen molar-refractivity contribution in [2.75, 3.05) is 11.9 Å². The van der Waals surface area contributed by atoms with E-state index >= 15 is 0 Å². The fourth-order valence-corrected chi connectivity index (χ4v) is 2.33. The SMILES string of the molecule is CC1CCNC1C(=O)Nc1cc(Cl)ccc1Cl. The third-order valence-electron chi connectivity index (χ3n) is 3.00. The summed E-state index contributed by atoms with van der Waals surface area (Å²) in [7, 11) is 0. The van der Waals surface area contributed by atoms with Crippen LogP contribution in [0, 0.1) is 5.92 Å². The number of hydrogen-bond acceptors (Lipinski definition) is 2. The van der Waals surface area contributed by atoms with Crippen molar-refractivity contribution in [3.8, 4) is 0 Å². The average Bonchev–Trinajstić information content (AvgIpc) is 2.70. The molecule has 2 atom stereocenters. The molecule has 1 aliphatic heterocycles. The number of benzene rings is 1. The highest BCUT2D eigenvalue weighted by Gasteiger charge is 2.29. The summed E-state index contributed by atoms with van der Waals surface area (Å²) in [5.41, 5.74) is 0.560. The van der Waals surface area contributed by atoms with E-state index < -0.39 is 0 Å². The Kier molecular flexibility index (Phi) is 3.92. The predicted octanol–water partition coefficient (Wildman–Crippen LogP) is 2.93. The molecule has 2 unspecified atom stereocenters. The van der Waals surface area contributed by atoms with Crippen LogP contribution in [-0.2, 0) is 4.79 Å². The van der Waals surface area contributed by atoms with Gasteiger partial charge in [0.15, 0.2) is 0 Å². The maximum absolute atomic E-state index is 12.0. The zero-order chi connectivity index (χ0) is 12.4. The van der Waals surface area contributed by atoms with Crippen LogP contribution in [0.15, 0.2) is 18.2 Å². The molecule has 92 valence electrons. The van der Waals surface area contributed by atoms with Gasteiger partial charge in [0.1, 0.15) is 0 Å². The van der Waals surface area contributed by atoms with Gasteiger partial charge in [-0.1, -0.05) is 30.1 Å². The molecule has 1 amide bonds. The van der Waals surface area contributed by atoms with Crippen LogP contribution in [0.2, 0.25) is 10.0 Å². The first kappa shape index (κ1) is 12.7. The van der Waals surface area contributed by atoms with E-state index in [4.69, 9.17) is 23.2 Å². The quantitative estimate of drug-likeness (QED) is 0.869. The molecule has 5 heteroatoms. The molecule has 17 heavy (non-hydrogen) atoms. The van der Waals surface area contributed by atoms with E-state index in [1.807, 2.05) is 0 Å². The van der Waals surface area contributed by atoms with Crippen LogP contribution >= 0.6 is 23.2 Å². The van der Waals surface area contributed by atoms with Crippen LogP contribution in [0.1, 0.15) is 13.3 Å². The van der Waals surface area contributed by atoms with Gasteiger partial charge in [-0.25, -0.2) is 0 Å². The molecule has 1 aliphatic rings. The molecule has 0 radical (unpaired) electrons. The smallest absolute Gasteiger partial charge is 0.241 e. The zero-order valence-electron chi connectivity index (χ0n) is 9.47. The highest BCUT2D eigenvalue weighted by molar-refractivity contribution is 6.35. The number of halogens is 2. The van der Waals surface area contributed by atoms with Crippen molar-refractivity contribution in [2.24, 2.45) is 5.92 Å². The monoisotopic (exact) mass is 272 g/mol. The van der Waals surface area contributed by atoms with E-state index in [9.17, 15) is 4.79 Å². The fourth-order valence-electron chi connectivity index (χ4n) is 1.99. The molecule has 1 saturated heterocycles. The Morgan fingerprint density at radius 1 is 1.47 bits per heavy atom. The Hall–Kier alpha value is -0.770. The molecule has 1 aromatic carbocycles. The van der Waals surface area contributed by atoms with Gasteiger partial charge in [-0.3, -0.25) is 4.79 Å². The summed E-state index contributed by atoms with van der Waals surface area (Å²) in [5.74, 6) is 0.284. The Morgan fingerprint density at radius 2 is 2.24 bits per heavy atom. The molecular weight excluding hydrogens is 259 g/mol. The van der Waals surface area contributed by atoms with Crippen molar-refractivity contribution in [1.29, 1.82) is 0 Å². The zero-order valence-corrected chi connectivity index (χ0v) is 11.0. The summed E-state index contributed by atoms with van der Waals surface area (Å²) in [6.45, 7) is 2.94. The first-order chi connectivity index (χ1) is 8.08. The lowest BCUT2D eigenvalue weighted by molar-refractivity contribution is -0.118. The van der Waals surface area contributed by atoms with E-state index in [1.54, 1.807) is 18.2 Å². The number of carbonyl (C=O) groups excluding carboxylic acids is 1. The van der Waals surface area contributed by atoms with Crippen molar-refractivity contribution in [3.63, 3.8) is 0 Å². The van der Waals surface area contributed by atoms with Gasteiger partial charge < -0.3 is 10.6 Å². The Balaban J connectivity index is 2.10. The molecule has 1 aromatic rings. The number of amides is 1. The summed E-state index contributed by atoms with van der Waals surface area (Å²) in [6, 6.07) is 4.87. The van der Waals surface area contributed by atoms with Crippen LogP contribution in [0.25, 0.3) is 0 Å². The standard InChI is InChI=1S/C12H14Cl2N2O/c1-7-4-5-15-11(7)12(17)16-10-6-8(13)2-3-9(10)14/h2-3,6-7,11,15H,4-5H2,1H3,(H,16,17). The molecule has 0 saturated carbocycles. The number of nitrogens with one attached hydrogen (secondary N) is 2. The minimum atomic E-state index is -0.148. The molecule has 0 spiro atoms. The van der Waals surface area contributed by atoms with Gasteiger partial charge in [0.25, 0.3) is 0 Å². The lowest BCUT2D eigenvalue weighted by Gasteiger charge is -2.16. The van der Waals surface area contributed by atoms with Gasteiger partial charge in [-0.05, 0) is 37.1 Å². The summed E-state index contributed by atoms with van der Waals surface area (Å²) < 4.78 is 0.